The second kappa shape index (κ2) is 6.34. The summed E-state index contributed by atoms with van der Waals surface area (Å²) >= 11 is 0. The molecule has 2 aromatic rings. The first-order valence-corrected chi connectivity index (χ1v) is 6.33. The molecule has 1 N–H and O–H groups in total. The lowest BCUT2D eigenvalue weighted by molar-refractivity contribution is 0.171. The van der Waals surface area contributed by atoms with Gasteiger partial charge >= 0.3 is 0 Å². The number of hydrogen-bond acceptors (Lipinski definition) is 5. The van der Waals surface area contributed by atoms with Crippen molar-refractivity contribution >= 4 is 0 Å². The first-order valence-electron chi connectivity index (χ1n) is 6.33. The van der Waals surface area contributed by atoms with Crippen LogP contribution in [0.3, 0.4) is 0 Å². The maximum Gasteiger partial charge on any atom is 0.233 e. The average molecular weight is 274 g/mol. The molecule has 0 aliphatic rings. The number of rotatable bonds is 5. The molecule has 1 unspecified atom stereocenters. The van der Waals surface area contributed by atoms with Crippen LogP contribution in [0.5, 0.6) is 11.6 Å². The van der Waals surface area contributed by atoms with E-state index in [0.717, 1.165) is 16.9 Å². The third-order valence-electron chi connectivity index (χ3n) is 3.06. The summed E-state index contributed by atoms with van der Waals surface area (Å²) in [6, 6.07) is 9.26. The summed E-state index contributed by atoms with van der Waals surface area (Å²) in [4.78, 5) is 0. The summed E-state index contributed by atoms with van der Waals surface area (Å²) < 4.78 is 10.3. The van der Waals surface area contributed by atoms with E-state index in [2.05, 4.69) is 10.2 Å². The number of aryl methyl sites for hydroxylation is 1. The quantitative estimate of drug-likeness (QED) is 0.904. The van der Waals surface area contributed by atoms with Crippen molar-refractivity contribution in [1.82, 2.24) is 10.2 Å². The van der Waals surface area contributed by atoms with E-state index in [-0.39, 0.29) is 0 Å². The normalized spacial score (nSPS) is 12.0. The van der Waals surface area contributed by atoms with Crippen molar-refractivity contribution in [1.29, 1.82) is 0 Å². The summed E-state index contributed by atoms with van der Waals surface area (Å²) in [6.45, 7) is 2.00. The van der Waals surface area contributed by atoms with Gasteiger partial charge in [-0.15, -0.1) is 10.2 Å². The third-order valence-corrected chi connectivity index (χ3v) is 3.06. The molecule has 106 valence electrons. The van der Waals surface area contributed by atoms with E-state index in [9.17, 15) is 5.11 Å². The van der Waals surface area contributed by atoms with Gasteiger partial charge in [-0.05, 0) is 24.6 Å². The molecular weight excluding hydrogens is 256 g/mol. The number of methoxy groups -OCH3 is 2. The monoisotopic (exact) mass is 274 g/mol. The minimum Gasteiger partial charge on any atom is -0.496 e. The second-order valence-corrected chi connectivity index (χ2v) is 4.54. The summed E-state index contributed by atoms with van der Waals surface area (Å²) in [7, 11) is 3.14. The van der Waals surface area contributed by atoms with Crippen LogP contribution in [0.2, 0.25) is 0 Å². The topological polar surface area (TPSA) is 64.5 Å². The highest BCUT2D eigenvalue weighted by Crippen LogP contribution is 2.25. The Morgan fingerprint density at radius 2 is 1.90 bits per heavy atom. The van der Waals surface area contributed by atoms with Gasteiger partial charge in [0.25, 0.3) is 0 Å². The lowest BCUT2D eigenvalue weighted by Gasteiger charge is -2.13. The fourth-order valence-electron chi connectivity index (χ4n) is 2.00. The molecule has 1 atom stereocenters. The highest BCUT2D eigenvalue weighted by atomic mass is 16.5. The number of aliphatic hydroxyl groups is 1. The van der Waals surface area contributed by atoms with Crippen molar-refractivity contribution in [3.63, 3.8) is 0 Å². The number of nitrogens with zero attached hydrogens (tertiary/aromatic N) is 2. The molecule has 0 amide bonds. The molecule has 5 heteroatoms. The summed E-state index contributed by atoms with van der Waals surface area (Å²) in [5, 5.41) is 18.1. The second-order valence-electron chi connectivity index (χ2n) is 4.54. The van der Waals surface area contributed by atoms with Gasteiger partial charge in [0.2, 0.25) is 5.88 Å². The maximum atomic E-state index is 10.2. The summed E-state index contributed by atoms with van der Waals surface area (Å²) in [5.74, 6) is 1.19. The smallest absolute Gasteiger partial charge is 0.233 e. The van der Waals surface area contributed by atoms with Crippen molar-refractivity contribution in [3.05, 3.63) is 47.2 Å². The molecule has 1 heterocycles. The number of aromatic nitrogens is 2. The van der Waals surface area contributed by atoms with Crippen LogP contribution >= 0.6 is 0 Å². The van der Waals surface area contributed by atoms with Gasteiger partial charge in [0, 0.05) is 12.5 Å². The van der Waals surface area contributed by atoms with Crippen LogP contribution in [0, 0.1) is 6.92 Å². The van der Waals surface area contributed by atoms with Crippen LogP contribution in [0.25, 0.3) is 0 Å². The first-order chi connectivity index (χ1) is 9.63. The van der Waals surface area contributed by atoms with E-state index >= 15 is 0 Å². The van der Waals surface area contributed by atoms with Crippen LogP contribution in [-0.4, -0.2) is 29.5 Å². The zero-order chi connectivity index (χ0) is 14.5. The zero-order valence-electron chi connectivity index (χ0n) is 11.8. The largest absolute Gasteiger partial charge is 0.496 e. The molecule has 5 nitrogen and oxygen atoms in total. The molecule has 0 saturated heterocycles. The minimum absolute atomic E-state index is 0.422. The van der Waals surface area contributed by atoms with E-state index in [1.54, 1.807) is 19.2 Å². The van der Waals surface area contributed by atoms with Gasteiger partial charge in [0.05, 0.1) is 19.9 Å². The first kappa shape index (κ1) is 14.3. The predicted octanol–water partition coefficient (Wildman–Crippen LogP) is 2.08. The van der Waals surface area contributed by atoms with Crippen LogP contribution in [0.1, 0.15) is 22.9 Å². The molecule has 0 radical (unpaired) electrons. The molecule has 2 rings (SSSR count). The van der Waals surface area contributed by atoms with E-state index in [0.29, 0.717) is 18.0 Å². The Hall–Kier alpha value is -2.14. The van der Waals surface area contributed by atoms with Gasteiger partial charge in [0.1, 0.15) is 11.9 Å². The molecule has 20 heavy (non-hydrogen) atoms. The standard InChI is InChI=1S/C15H18N2O3/c1-10-4-6-14(19-2)11(8-10)9-13(18)12-5-7-15(20-3)17-16-12/h4-8,13,18H,9H2,1-3H3. The van der Waals surface area contributed by atoms with Crippen LogP contribution in [0.4, 0.5) is 0 Å². The summed E-state index contributed by atoms with van der Waals surface area (Å²) in [6.07, 6.45) is -0.310. The molecule has 0 bridgehead atoms. The number of benzene rings is 1. The molecule has 1 aromatic heterocycles. The Morgan fingerprint density at radius 3 is 2.50 bits per heavy atom. The molecule has 0 aliphatic carbocycles. The Balaban J connectivity index is 2.17. The predicted molar refractivity (Wildman–Crippen MR) is 75.0 cm³/mol. The SMILES string of the molecule is COc1ccc(C(O)Cc2cc(C)ccc2OC)nn1. The Kier molecular flexibility index (Phi) is 4.53. The van der Waals surface area contributed by atoms with Crippen molar-refractivity contribution in [2.45, 2.75) is 19.4 Å². The van der Waals surface area contributed by atoms with Gasteiger partial charge < -0.3 is 14.6 Å². The number of ether oxygens (including phenoxy) is 2. The van der Waals surface area contributed by atoms with Gasteiger partial charge in [-0.25, -0.2) is 0 Å². The maximum absolute atomic E-state index is 10.2. The van der Waals surface area contributed by atoms with Gasteiger partial charge in [-0.1, -0.05) is 17.7 Å². The Morgan fingerprint density at radius 1 is 1.10 bits per heavy atom. The molecular formula is C15H18N2O3. The number of aliphatic hydroxyl groups excluding tert-OH is 1. The molecule has 0 fully saturated rings. The highest BCUT2D eigenvalue weighted by Gasteiger charge is 2.14. The Labute approximate surface area is 118 Å². The molecule has 1 aromatic carbocycles. The van der Waals surface area contributed by atoms with Crippen molar-refractivity contribution in [2.24, 2.45) is 0 Å². The fourth-order valence-corrected chi connectivity index (χ4v) is 2.00. The van der Waals surface area contributed by atoms with Crippen LogP contribution in [0.15, 0.2) is 30.3 Å². The zero-order valence-corrected chi connectivity index (χ0v) is 11.8. The third kappa shape index (κ3) is 3.24. The lowest BCUT2D eigenvalue weighted by atomic mass is 10.0. The van der Waals surface area contributed by atoms with Crippen molar-refractivity contribution < 1.29 is 14.6 Å². The van der Waals surface area contributed by atoms with E-state index in [1.165, 1.54) is 7.11 Å². The Bertz CT molecular complexity index is 570. The van der Waals surface area contributed by atoms with Gasteiger partial charge in [-0.2, -0.15) is 0 Å². The lowest BCUT2D eigenvalue weighted by Crippen LogP contribution is -2.07. The average Bonchev–Trinajstić information content (AvgIpc) is 2.47. The summed E-state index contributed by atoms with van der Waals surface area (Å²) in [5.41, 5.74) is 2.57. The minimum atomic E-state index is -0.732. The van der Waals surface area contributed by atoms with E-state index < -0.39 is 6.10 Å². The molecule has 0 aliphatic heterocycles. The van der Waals surface area contributed by atoms with Crippen LogP contribution < -0.4 is 9.47 Å². The number of hydrogen-bond donors (Lipinski definition) is 1. The van der Waals surface area contributed by atoms with Gasteiger partial charge in [0.15, 0.2) is 0 Å². The molecule has 0 saturated carbocycles. The highest BCUT2D eigenvalue weighted by molar-refractivity contribution is 5.37. The van der Waals surface area contributed by atoms with Gasteiger partial charge in [-0.3, -0.25) is 0 Å². The molecule has 0 spiro atoms. The van der Waals surface area contributed by atoms with E-state index in [1.807, 2.05) is 25.1 Å². The van der Waals surface area contributed by atoms with Crippen LogP contribution in [-0.2, 0) is 6.42 Å². The van der Waals surface area contributed by atoms with E-state index in [4.69, 9.17) is 9.47 Å². The van der Waals surface area contributed by atoms with Crippen molar-refractivity contribution in [2.75, 3.05) is 14.2 Å². The fraction of sp³-hybridized carbons (Fsp3) is 0.333. The van der Waals surface area contributed by atoms with Crippen molar-refractivity contribution in [3.8, 4) is 11.6 Å².